The molecule has 3 rings (SSSR count). The standard InChI is InChI=1S/C18H17F3N2O2/c1-2-8-22-17(24)15-10-16-14(7-9-25-16)23(15)11-12-3-5-13(6-4-12)18(19,20)21/h3-7,9-10H,2,8,11H2,1H3,(H,22,24). The number of amides is 1. The van der Waals surface area contributed by atoms with Gasteiger partial charge in [-0.2, -0.15) is 13.2 Å². The van der Waals surface area contributed by atoms with Crippen molar-refractivity contribution in [2.75, 3.05) is 6.54 Å². The molecule has 2 heterocycles. The number of carbonyl (C=O) groups excluding carboxylic acids is 1. The number of fused-ring (bicyclic) bond motifs is 1. The number of benzene rings is 1. The minimum atomic E-state index is -4.37. The smallest absolute Gasteiger partial charge is 0.416 e. The normalized spacial score (nSPS) is 11.8. The average Bonchev–Trinajstić information content (AvgIpc) is 3.15. The predicted octanol–water partition coefficient (Wildman–Crippen LogP) is 4.44. The van der Waals surface area contributed by atoms with E-state index in [4.69, 9.17) is 4.42 Å². The number of furan rings is 1. The molecule has 0 fully saturated rings. The second-order valence-electron chi connectivity index (χ2n) is 5.74. The Morgan fingerprint density at radius 2 is 1.92 bits per heavy atom. The van der Waals surface area contributed by atoms with Crippen LogP contribution in [0.5, 0.6) is 0 Å². The number of halogens is 3. The number of aromatic nitrogens is 1. The van der Waals surface area contributed by atoms with Crippen molar-refractivity contribution < 1.29 is 22.4 Å². The van der Waals surface area contributed by atoms with Crippen molar-refractivity contribution in [2.24, 2.45) is 0 Å². The summed E-state index contributed by atoms with van der Waals surface area (Å²) in [7, 11) is 0. The highest BCUT2D eigenvalue weighted by Crippen LogP contribution is 2.29. The van der Waals surface area contributed by atoms with Gasteiger partial charge in [0.15, 0.2) is 5.58 Å². The molecule has 0 radical (unpaired) electrons. The molecule has 0 aliphatic carbocycles. The van der Waals surface area contributed by atoms with Crippen LogP contribution < -0.4 is 5.32 Å². The first-order valence-electron chi connectivity index (χ1n) is 7.91. The van der Waals surface area contributed by atoms with E-state index in [2.05, 4.69) is 5.32 Å². The Balaban J connectivity index is 1.92. The van der Waals surface area contributed by atoms with Crippen LogP contribution in [-0.4, -0.2) is 17.0 Å². The maximum Gasteiger partial charge on any atom is 0.416 e. The first-order chi connectivity index (χ1) is 11.9. The van der Waals surface area contributed by atoms with Gasteiger partial charge < -0.3 is 14.3 Å². The van der Waals surface area contributed by atoms with Crippen LogP contribution in [0.4, 0.5) is 13.2 Å². The summed E-state index contributed by atoms with van der Waals surface area (Å²) in [5.74, 6) is -0.236. The summed E-state index contributed by atoms with van der Waals surface area (Å²) in [4.78, 5) is 12.3. The molecule has 0 spiro atoms. The molecular weight excluding hydrogens is 333 g/mol. The van der Waals surface area contributed by atoms with Crippen LogP contribution in [0.2, 0.25) is 0 Å². The molecule has 1 aromatic carbocycles. The van der Waals surface area contributed by atoms with Crippen molar-refractivity contribution >= 4 is 17.0 Å². The molecule has 0 saturated heterocycles. The monoisotopic (exact) mass is 350 g/mol. The van der Waals surface area contributed by atoms with Gasteiger partial charge in [-0.1, -0.05) is 19.1 Å². The Hall–Kier alpha value is -2.70. The fourth-order valence-electron chi connectivity index (χ4n) is 2.65. The second-order valence-corrected chi connectivity index (χ2v) is 5.74. The molecule has 132 valence electrons. The lowest BCUT2D eigenvalue weighted by Crippen LogP contribution is -2.26. The van der Waals surface area contributed by atoms with E-state index >= 15 is 0 Å². The van der Waals surface area contributed by atoms with Gasteiger partial charge in [0.1, 0.15) is 5.69 Å². The molecule has 7 heteroatoms. The summed E-state index contributed by atoms with van der Waals surface area (Å²) in [6.07, 6.45) is -2.04. The number of alkyl halides is 3. The number of hydrogen-bond donors (Lipinski definition) is 1. The Labute approximate surface area is 142 Å². The number of hydrogen-bond acceptors (Lipinski definition) is 2. The van der Waals surface area contributed by atoms with E-state index < -0.39 is 11.7 Å². The Morgan fingerprint density at radius 1 is 1.20 bits per heavy atom. The zero-order valence-electron chi connectivity index (χ0n) is 13.6. The molecule has 0 saturated carbocycles. The van der Waals surface area contributed by atoms with Gasteiger partial charge in [0.2, 0.25) is 0 Å². The van der Waals surface area contributed by atoms with Crippen LogP contribution in [0.1, 0.15) is 35.0 Å². The number of rotatable bonds is 5. The van der Waals surface area contributed by atoms with Crippen LogP contribution in [-0.2, 0) is 12.7 Å². The van der Waals surface area contributed by atoms with Crippen molar-refractivity contribution in [3.63, 3.8) is 0 Å². The minimum Gasteiger partial charge on any atom is -0.463 e. The molecule has 0 unspecified atom stereocenters. The van der Waals surface area contributed by atoms with Crippen molar-refractivity contribution in [2.45, 2.75) is 26.1 Å². The van der Waals surface area contributed by atoms with Gasteiger partial charge in [0.25, 0.3) is 5.91 Å². The first kappa shape index (κ1) is 17.1. The largest absolute Gasteiger partial charge is 0.463 e. The highest BCUT2D eigenvalue weighted by Gasteiger charge is 2.30. The average molecular weight is 350 g/mol. The zero-order chi connectivity index (χ0) is 18.0. The molecule has 1 amide bonds. The van der Waals surface area contributed by atoms with Gasteiger partial charge in [-0.25, -0.2) is 0 Å². The molecule has 4 nitrogen and oxygen atoms in total. The van der Waals surface area contributed by atoms with Crippen molar-refractivity contribution in [1.82, 2.24) is 9.88 Å². The first-order valence-corrected chi connectivity index (χ1v) is 7.91. The summed E-state index contributed by atoms with van der Waals surface area (Å²) < 4.78 is 45.1. The topological polar surface area (TPSA) is 47.2 Å². The number of nitrogens with zero attached hydrogens (tertiary/aromatic N) is 1. The molecule has 0 aliphatic heterocycles. The number of carbonyl (C=O) groups is 1. The summed E-state index contributed by atoms with van der Waals surface area (Å²) in [5, 5.41) is 2.80. The lowest BCUT2D eigenvalue weighted by molar-refractivity contribution is -0.137. The summed E-state index contributed by atoms with van der Waals surface area (Å²) in [5.41, 5.74) is 1.67. The van der Waals surface area contributed by atoms with E-state index in [0.29, 0.717) is 23.4 Å². The quantitative estimate of drug-likeness (QED) is 0.739. The third kappa shape index (κ3) is 3.55. The van der Waals surface area contributed by atoms with Crippen molar-refractivity contribution in [3.05, 3.63) is 59.5 Å². The van der Waals surface area contributed by atoms with E-state index in [-0.39, 0.29) is 12.5 Å². The zero-order valence-corrected chi connectivity index (χ0v) is 13.6. The third-order valence-corrected chi connectivity index (χ3v) is 3.91. The van der Waals surface area contributed by atoms with Crippen LogP contribution in [0.15, 0.2) is 47.1 Å². The van der Waals surface area contributed by atoms with E-state index in [1.165, 1.54) is 18.4 Å². The van der Waals surface area contributed by atoms with E-state index in [1.807, 2.05) is 6.92 Å². The summed E-state index contributed by atoms with van der Waals surface area (Å²) >= 11 is 0. The van der Waals surface area contributed by atoms with Crippen LogP contribution >= 0.6 is 0 Å². The fourth-order valence-corrected chi connectivity index (χ4v) is 2.65. The molecule has 0 aliphatic rings. The molecular formula is C18H17F3N2O2. The predicted molar refractivity (Wildman–Crippen MR) is 87.4 cm³/mol. The van der Waals surface area contributed by atoms with Crippen LogP contribution in [0.3, 0.4) is 0 Å². The highest BCUT2D eigenvalue weighted by atomic mass is 19.4. The van der Waals surface area contributed by atoms with E-state index in [0.717, 1.165) is 24.1 Å². The molecule has 3 aromatic rings. The molecule has 25 heavy (non-hydrogen) atoms. The van der Waals surface area contributed by atoms with Gasteiger partial charge in [-0.15, -0.1) is 0 Å². The SMILES string of the molecule is CCCNC(=O)c1cc2occc2n1Cc1ccc(C(F)(F)F)cc1. The van der Waals surface area contributed by atoms with Gasteiger partial charge in [-0.05, 0) is 24.1 Å². The van der Waals surface area contributed by atoms with Gasteiger partial charge in [0.05, 0.1) is 17.3 Å². The lowest BCUT2D eigenvalue weighted by Gasteiger charge is -2.12. The van der Waals surface area contributed by atoms with Crippen molar-refractivity contribution in [3.8, 4) is 0 Å². The summed E-state index contributed by atoms with van der Waals surface area (Å²) in [6, 6.07) is 8.30. The molecule has 0 bridgehead atoms. The second kappa shape index (κ2) is 6.66. The van der Waals surface area contributed by atoms with Gasteiger partial charge in [0, 0.05) is 25.2 Å². The lowest BCUT2D eigenvalue weighted by atomic mass is 10.1. The maximum atomic E-state index is 12.7. The summed E-state index contributed by atoms with van der Waals surface area (Å²) in [6.45, 7) is 2.77. The van der Waals surface area contributed by atoms with Crippen LogP contribution in [0, 0.1) is 0 Å². The van der Waals surface area contributed by atoms with Crippen molar-refractivity contribution in [1.29, 1.82) is 0 Å². The van der Waals surface area contributed by atoms with Gasteiger partial charge in [-0.3, -0.25) is 4.79 Å². The molecule has 2 aromatic heterocycles. The third-order valence-electron chi connectivity index (χ3n) is 3.91. The Kier molecular flexibility index (Phi) is 4.57. The Morgan fingerprint density at radius 3 is 2.56 bits per heavy atom. The Bertz CT molecular complexity index is 876. The number of nitrogens with one attached hydrogen (secondary N) is 1. The van der Waals surface area contributed by atoms with E-state index in [9.17, 15) is 18.0 Å². The van der Waals surface area contributed by atoms with Gasteiger partial charge >= 0.3 is 6.18 Å². The highest BCUT2D eigenvalue weighted by molar-refractivity contribution is 5.97. The molecule has 1 N–H and O–H groups in total. The maximum absolute atomic E-state index is 12.7. The minimum absolute atomic E-state index is 0.236. The fraction of sp³-hybridized carbons (Fsp3) is 0.278. The van der Waals surface area contributed by atoms with Crippen LogP contribution in [0.25, 0.3) is 11.1 Å². The van der Waals surface area contributed by atoms with E-state index in [1.54, 1.807) is 16.7 Å². The molecule has 0 atom stereocenters.